The van der Waals surface area contributed by atoms with Crippen LogP contribution in [0.2, 0.25) is 0 Å². The van der Waals surface area contributed by atoms with E-state index in [0.29, 0.717) is 32.0 Å². The zero-order valence-electron chi connectivity index (χ0n) is 20.8. The molecule has 1 aliphatic heterocycles. The van der Waals surface area contributed by atoms with E-state index < -0.39 is 18.3 Å². The van der Waals surface area contributed by atoms with Crippen molar-refractivity contribution in [3.05, 3.63) is 28.5 Å². The minimum Gasteiger partial charge on any atom is -0.388 e. The van der Waals surface area contributed by atoms with Crippen molar-refractivity contribution in [2.75, 3.05) is 40.0 Å². The van der Waals surface area contributed by atoms with Crippen molar-refractivity contribution in [3.63, 3.8) is 0 Å². The zero-order valence-corrected chi connectivity index (χ0v) is 21.6. The second-order valence-corrected chi connectivity index (χ2v) is 10.2. The van der Waals surface area contributed by atoms with E-state index in [0.717, 1.165) is 17.7 Å². The maximum absolute atomic E-state index is 13.3. The number of carbonyl (C=O) groups excluding carboxylic acids is 2. The first-order chi connectivity index (χ1) is 16.2. The van der Waals surface area contributed by atoms with E-state index in [1.54, 1.807) is 22.3 Å². The molecule has 9 heteroatoms. The first kappa shape index (κ1) is 28.5. The summed E-state index contributed by atoms with van der Waals surface area (Å²) in [5.41, 5.74) is 0. The quantitative estimate of drug-likeness (QED) is 0.608. The summed E-state index contributed by atoms with van der Waals surface area (Å²) in [7, 11) is 1.44. The van der Waals surface area contributed by atoms with E-state index in [-0.39, 0.29) is 31.0 Å². The Balaban J connectivity index is 2.33. The summed E-state index contributed by atoms with van der Waals surface area (Å²) in [6, 6.07) is 3.70. The van der Waals surface area contributed by atoms with Crippen LogP contribution in [-0.2, 0) is 19.1 Å². The highest BCUT2D eigenvalue weighted by molar-refractivity contribution is 7.10. The predicted octanol–water partition coefficient (Wildman–Crippen LogP) is 2.40. The average Bonchev–Trinajstić information content (AvgIpc) is 3.31. The third-order valence-electron chi connectivity index (χ3n) is 5.98. The summed E-state index contributed by atoms with van der Waals surface area (Å²) < 4.78 is 11.0. The molecular formula is C25H40N2O6S. The first-order valence-corrected chi connectivity index (χ1v) is 12.8. The summed E-state index contributed by atoms with van der Waals surface area (Å²) >= 11 is 1.57. The number of hydrogen-bond donors (Lipinski definition) is 2. The van der Waals surface area contributed by atoms with Gasteiger partial charge < -0.3 is 29.5 Å². The standard InChI is InChI=1S/C25H40N2O6S/c1-18(2)14-20-15-26(19(3)28)16-23(32-4)25(31)22(29)17-33-12-6-5-11-27(20)24(30)10-9-21-8-7-13-34-21/h7-10,13,18,20,22-23,25,29,31H,5-6,11-12,14-17H2,1-4H3/b10-9+/t20-,22+,23+,25+/m0/s1. The van der Waals surface area contributed by atoms with Crippen LogP contribution in [0.1, 0.15) is 44.9 Å². The SMILES string of the molecule is CO[C@@H]1CN(C(C)=O)C[C@H](CC(C)C)N(C(=O)/C=C/c2cccs2)CCCCOC[C@@H](O)[C@H]1O. The van der Waals surface area contributed by atoms with Crippen molar-refractivity contribution < 1.29 is 29.3 Å². The van der Waals surface area contributed by atoms with Crippen LogP contribution in [0.25, 0.3) is 6.08 Å². The number of amides is 2. The highest BCUT2D eigenvalue weighted by atomic mass is 32.1. The lowest BCUT2D eigenvalue weighted by atomic mass is 10.00. The maximum atomic E-state index is 13.3. The van der Waals surface area contributed by atoms with Gasteiger partial charge in [0.1, 0.15) is 18.3 Å². The van der Waals surface area contributed by atoms with Gasteiger partial charge in [0.05, 0.1) is 6.61 Å². The molecule has 0 unspecified atom stereocenters. The Kier molecular flexibility index (Phi) is 12.2. The first-order valence-electron chi connectivity index (χ1n) is 12.0. The summed E-state index contributed by atoms with van der Waals surface area (Å²) in [4.78, 5) is 30.4. The highest BCUT2D eigenvalue weighted by Crippen LogP contribution is 2.19. The van der Waals surface area contributed by atoms with E-state index in [2.05, 4.69) is 13.8 Å². The second kappa shape index (κ2) is 14.6. The van der Waals surface area contributed by atoms with Crippen LogP contribution in [0.4, 0.5) is 0 Å². The number of thiophene rings is 1. The predicted molar refractivity (Wildman–Crippen MR) is 133 cm³/mol. The molecule has 1 saturated heterocycles. The molecule has 0 radical (unpaired) electrons. The van der Waals surface area contributed by atoms with Crippen LogP contribution in [0.15, 0.2) is 23.6 Å². The average molecular weight is 497 g/mol. The molecule has 0 bridgehead atoms. The van der Waals surface area contributed by atoms with Crippen LogP contribution >= 0.6 is 11.3 Å². The maximum Gasteiger partial charge on any atom is 0.246 e. The van der Waals surface area contributed by atoms with Gasteiger partial charge in [-0.25, -0.2) is 0 Å². The Labute approximate surface area is 207 Å². The van der Waals surface area contributed by atoms with E-state index >= 15 is 0 Å². The van der Waals surface area contributed by atoms with Gasteiger partial charge in [0.25, 0.3) is 0 Å². The van der Waals surface area contributed by atoms with Crippen LogP contribution in [-0.4, -0.2) is 96.1 Å². The molecule has 0 aromatic carbocycles. The lowest BCUT2D eigenvalue weighted by molar-refractivity contribution is -0.140. The summed E-state index contributed by atoms with van der Waals surface area (Å²) in [5.74, 6) is 0.0416. The van der Waals surface area contributed by atoms with Gasteiger partial charge in [0.15, 0.2) is 0 Å². The number of ether oxygens (including phenoxy) is 2. The molecular weight excluding hydrogens is 456 g/mol. The Bertz CT molecular complexity index is 769. The molecule has 0 aliphatic carbocycles. The van der Waals surface area contributed by atoms with Gasteiger partial charge in [-0.1, -0.05) is 19.9 Å². The molecule has 1 fully saturated rings. The highest BCUT2D eigenvalue weighted by Gasteiger charge is 2.32. The molecule has 2 heterocycles. The molecule has 1 aliphatic rings. The van der Waals surface area contributed by atoms with Crippen molar-refractivity contribution >= 4 is 29.2 Å². The number of aliphatic hydroxyl groups is 2. The lowest BCUT2D eigenvalue weighted by Gasteiger charge is -2.38. The van der Waals surface area contributed by atoms with E-state index in [1.807, 2.05) is 28.5 Å². The molecule has 4 atom stereocenters. The smallest absolute Gasteiger partial charge is 0.246 e. The minimum absolute atomic E-state index is 0.0245. The number of nitrogens with zero attached hydrogens (tertiary/aromatic N) is 2. The Morgan fingerprint density at radius 2 is 2.06 bits per heavy atom. The van der Waals surface area contributed by atoms with Crippen LogP contribution in [0.3, 0.4) is 0 Å². The molecule has 2 amide bonds. The Hall–Kier alpha value is -1.78. The third kappa shape index (κ3) is 9.11. The second-order valence-electron chi connectivity index (χ2n) is 9.20. The van der Waals surface area contributed by atoms with Crippen molar-refractivity contribution in [1.82, 2.24) is 9.80 Å². The number of methoxy groups -OCH3 is 1. The Morgan fingerprint density at radius 1 is 1.29 bits per heavy atom. The topological polar surface area (TPSA) is 99.5 Å². The molecule has 2 rings (SSSR count). The molecule has 1 aromatic heterocycles. The van der Waals surface area contributed by atoms with Gasteiger partial charge in [0.2, 0.25) is 11.8 Å². The van der Waals surface area contributed by atoms with Crippen LogP contribution < -0.4 is 0 Å². The van der Waals surface area contributed by atoms with Crippen LogP contribution in [0.5, 0.6) is 0 Å². The van der Waals surface area contributed by atoms with E-state index in [9.17, 15) is 19.8 Å². The number of hydrogen-bond acceptors (Lipinski definition) is 7. The molecule has 0 spiro atoms. The van der Waals surface area contributed by atoms with Gasteiger partial charge in [0, 0.05) is 57.3 Å². The molecule has 0 saturated carbocycles. The lowest BCUT2D eigenvalue weighted by Crippen LogP contribution is -2.53. The largest absolute Gasteiger partial charge is 0.388 e. The van der Waals surface area contributed by atoms with Gasteiger partial charge in [-0.3, -0.25) is 9.59 Å². The molecule has 34 heavy (non-hydrogen) atoms. The van der Waals surface area contributed by atoms with Gasteiger partial charge in [-0.15, -0.1) is 11.3 Å². The summed E-state index contributed by atoms with van der Waals surface area (Å²) in [6.45, 7) is 7.03. The van der Waals surface area contributed by atoms with Gasteiger partial charge >= 0.3 is 0 Å². The van der Waals surface area contributed by atoms with Gasteiger partial charge in [-0.05, 0) is 42.7 Å². The van der Waals surface area contributed by atoms with Crippen LogP contribution in [0, 0.1) is 5.92 Å². The monoisotopic (exact) mass is 496 g/mol. The zero-order chi connectivity index (χ0) is 25.1. The third-order valence-corrected chi connectivity index (χ3v) is 6.82. The van der Waals surface area contributed by atoms with Crippen molar-refractivity contribution in [2.45, 2.75) is 64.4 Å². The minimum atomic E-state index is -1.20. The van der Waals surface area contributed by atoms with Crippen molar-refractivity contribution in [3.8, 4) is 0 Å². The number of aliphatic hydroxyl groups excluding tert-OH is 2. The van der Waals surface area contributed by atoms with Crippen molar-refractivity contribution in [1.29, 1.82) is 0 Å². The number of carbonyl (C=O) groups is 2. The normalized spacial score (nSPS) is 26.1. The summed E-state index contributed by atoms with van der Waals surface area (Å²) in [6.07, 6.45) is 2.49. The molecule has 192 valence electrons. The fourth-order valence-corrected chi connectivity index (χ4v) is 4.73. The van der Waals surface area contributed by atoms with Crippen molar-refractivity contribution in [2.24, 2.45) is 5.92 Å². The fourth-order valence-electron chi connectivity index (χ4n) is 4.11. The van der Waals surface area contributed by atoms with Gasteiger partial charge in [-0.2, -0.15) is 0 Å². The molecule has 2 N–H and O–H groups in total. The van der Waals surface area contributed by atoms with E-state index in [1.165, 1.54) is 14.0 Å². The molecule has 1 aromatic rings. The Morgan fingerprint density at radius 3 is 2.68 bits per heavy atom. The number of rotatable bonds is 5. The molecule has 8 nitrogen and oxygen atoms in total. The summed E-state index contributed by atoms with van der Waals surface area (Å²) in [5, 5.41) is 22.9. The van der Waals surface area contributed by atoms with E-state index in [4.69, 9.17) is 9.47 Å². The fraction of sp³-hybridized carbons (Fsp3) is 0.680.